The fourth-order valence-electron chi connectivity index (χ4n) is 1.95. The van der Waals surface area contributed by atoms with Crippen molar-refractivity contribution in [2.45, 2.75) is 38.6 Å². The molecular formula is C10H21NS. The lowest BCUT2D eigenvalue weighted by Crippen LogP contribution is -2.38. The van der Waals surface area contributed by atoms with Gasteiger partial charge in [-0.1, -0.05) is 13.3 Å². The van der Waals surface area contributed by atoms with Crippen LogP contribution in [0, 0.1) is 5.92 Å². The van der Waals surface area contributed by atoms with Crippen LogP contribution in [0.25, 0.3) is 0 Å². The molecule has 0 bridgehead atoms. The summed E-state index contributed by atoms with van der Waals surface area (Å²) < 4.78 is 0. The van der Waals surface area contributed by atoms with Crippen LogP contribution in [-0.2, 0) is 0 Å². The highest BCUT2D eigenvalue weighted by atomic mass is 32.2. The first-order valence-corrected chi connectivity index (χ1v) is 6.48. The van der Waals surface area contributed by atoms with Gasteiger partial charge in [-0.15, -0.1) is 0 Å². The summed E-state index contributed by atoms with van der Waals surface area (Å²) in [6.07, 6.45) is 7.73. The molecule has 1 N–H and O–H groups in total. The van der Waals surface area contributed by atoms with Gasteiger partial charge in [-0.3, -0.25) is 0 Å². The van der Waals surface area contributed by atoms with E-state index in [1.54, 1.807) is 0 Å². The van der Waals surface area contributed by atoms with Crippen LogP contribution in [0.3, 0.4) is 0 Å². The van der Waals surface area contributed by atoms with Crippen molar-refractivity contribution in [3.8, 4) is 0 Å². The quantitative estimate of drug-likeness (QED) is 0.726. The SMILES string of the molecule is CCC1CCNC(CCSC)C1. The van der Waals surface area contributed by atoms with E-state index in [9.17, 15) is 0 Å². The van der Waals surface area contributed by atoms with Gasteiger partial charge in [0.25, 0.3) is 0 Å². The Morgan fingerprint density at radius 1 is 1.50 bits per heavy atom. The van der Waals surface area contributed by atoms with Gasteiger partial charge in [0, 0.05) is 6.04 Å². The molecule has 12 heavy (non-hydrogen) atoms. The number of rotatable bonds is 4. The van der Waals surface area contributed by atoms with E-state index in [1.807, 2.05) is 11.8 Å². The molecule has 0 radical (unpaired) electrons. The highest BCUT2D eigenvalue weighted by Gasteiger charge is 2.19. The summed E-state index contributed by atoms with van der Waals surface area (Å²) in [6, 6.07) is 0.816. The summed E-state index contributed by atoms with van der Waals surface area (Å²) in [7, 11) is 0. The molecule has 72 valence electrons. The van der Waals surface area contributed by atoms with Gasteiger partial charge in [-0.2, -0.15) is 11.8 Å². The minimum absolute atomic E-state index is 0.816. The molecule has 1 fully saturated rings. The second-order valence-corrected chi connectivity index (χ2v) is 4.72. The second kappa shape index (κ2) is 5.87. The van der Waals surface area contributed by atoms with E-state index in [0.717, 1.165) is 12.0 Å². The maximum atomic E-state index is 3.60. The van der Waals surface area contributed by atoms with E-state index in [2.05, 4.69) is 18.5 Å². The Kier molecular flexibility index (Phi) is 5.08. The van der Waals surface area contributed by atoms with Crippen LogP contribution in [0.5, 0.6) is 0 Å². The van der Waals surface area contributed by atoms with E-state index in [1.165, 1.54) is 38.0 Å². The maximum Gasteiger partial charge on any atom is 0.00775 e. The Hall–Kier alpha value is 0.310. The van der Waals surface area contributed by atoms with Gasteiger partial charge in [-0.05, 0) is 43.7 Å². The smallest absolute Gasteiger partial charge is 0.00775 e. The van der Waals surface area contributed by atoms with E-state index in [4.69, 9.17) is 0 Å². The highest BCUT2D eigenvalue weighted by Crippen LogP contribution is 2.21. The molecule has 0 aromatic rings. The maximum absolute atomic E-state index is 3.60. The van der Waals surface area contributed by atoms with Crippen molar-refractivity contribution in [3.05, 3.63) is 0 Å². The van der Waals surface area contributed by atoms with Crippen molar-refractivity contribution >= 4 is 11.8 Å². The van der Waals surface area contributed by atoms with Crippen molar-refractivity contribution < 1.29 is 0 Å². The molecule has 1 aliphatic rings. The first kappa shape index (κ1) is 10.4. The number of nitrogens with one attached hydrogen (secondary N) is 1. The third kappa shape index (κ3) is 3.36. The summed E-state index contributed by atoms with van der Waals surface area (Å²) in [5.41, 5.74) is 0. The molecule has 0 spiro atoms. The molecule has 2 unspecified atom stereocenters. The first-order chi connectivity index (χ1) is 5.86. The topological polar surface area (TPSA) is 12.0 Å². The van der Waals surface area contributed by atoms with Crippen molar-refractivity contribution in [2.24, 2.45) is 5.92 Å². The summed E-state index contributed by atoms with van der Waals surface area (Å²) in [5, 5.41) is 3.60. The third-order valence-corrected chi connectivity index (χ3v) is 3.50. The highest BCUT2D eigenvalue weighted by molar-refractivity contribution is 7.98. The average Bonchev–Trinajstić information content (AvgIpc) is 2.15. The fraction of sp³-hybridized carbons (Fsp3) is 1.00. The lowest BCUT2D eigenvalue weighted by Gasteiger charge is -2.29. The Balaban J connectivity index is 2.16. The third-order valence-electron chi connectivity index (χ3n) is 2.85. The van der Waals surface area contributed by atoms with Crippen LogP contribution in [-0.4, -0.2) is 24.6 Å². The largest absolute Gasteiger partial charge is 0.314 e. The Morgan fingerprint density at radius 3 is 3.00 bits per heavy atom. The van der Waals surface area contributed by atoms with Crippen LogP contribution in [0.1, 0.15) is 32.6 Å². The molecule has 1 nitrogen and oxygen atoms in total. The molecule has 1 heterocycles. The molecule has 0 amide bonds. The van der Waals surface area contributed by atoms with Gasteiger partial charge < -0.3 is 5.32 Å². The number of thioether (sulfide) groups is 1. The van der Waals surface area contributed by atoms with E-state index in [0.29, 0.717) is 0 Å². The standard InChI is InChI=1S/C10H21NS/c1-3-9-4-6-11-10(8-9)5-7-12-2/h9-11H,3-8H2,1-2H3. The molecule has 2 heteroatoms. The zero-order valence-corrected chi connectivity index (χ0v) is 9.12. The molecule has 0 aliphatic carbocycles. The van der Waals surface area contributed by atoms with Crippen LogP contribution in [0.4, 0.5) is 0 Å². The first-order valence-electron chi connectivity index (χ1n) is 5.09. The number of hydrogen-bond donors (Lipinski definition) is 1. The minimum atomic E-state index is 0.816. The number of piperidine rings is 1. The predicted molar refractivity (Wildman–Crippen MR) is 57.8 cm³/mol. The zero-order chi connectivity index (χ0) is 8.81. The van der Waals surface area contributed by atoms with Crippen LogP contribution < -0.4 is 5.32 Å². The molecule has 1 aliphatic heterocycles. The molecule has 1 rings (SSSR count). The normalized spacial score (nSPS) is 30.5. The summed E-state index contributed by atoms with van der Waals surface area (Å²) in [6.45, 7) is 3.57. The monoisotopic (exact) mass is 187 g/mol. The van der Waals surface area contributed by atoms with Crippen molar-refractivity contribution in [2.75, 3.05) is 18.6 Å². The van der Waals surface area contributed by atoms with Crippen molar-refractivity contribution in [3.63, 3.8) is 0 Å². The van der Waals surface area contributed by atoms with E-state index >= 15 is 0 Å². The molecule has 0 saturated carbocycles. The minimum Gasteiger partial charge on any atom is -0.314 e. The van der Waals surface area contributed by atoms with Crippen molar-refractivity contribution in [1.82, 2.24) is 5.32 Å². The summed E-state index contributed by atoms with van der Waals surface area (Å²) in [5.74, 6) is 2.31. The van der Waals surface area contributed by atoms with Gasteiger partial charge in [0.05, 0.1) is 0 Å². The lowest BCUT2D eigenvalue weighted by molar-refractivity contribution is 0.291. The molecular weight excluding hydrogens is 166 g/mol. The average molecular weight is 187 g/mol. The summed E-state index contributed by atoms with van der Waals surface area (Å²) in [4.78, 5) is 0. The molecule has 2 atom stereocenters. The van der Waals surface area contributed by atoms with Crippen molar-refractivity contribution in [1.29, 1.82) is 0 Å². The fourth-order valence-corrected chi connectivity index (χ4v) is 2.47. The molecule has 1 saturated heterocycles. The van der Waals surface area contributed by atoms with Crippen LogP contribution in [0.15, 0.2) is 0 Å². The Labute approximate surface area is 80.7 Å². The predicted octanol–water partition coefficient (Wildman–Crippen LogP) is 2.52. The van der Waals surface area contributed by atoms with Crippen LogP contribution in [0.2, 0.25) is 0 Å². The van der Waals surface area contributed by atoms with E-state index < -0.39 is 0 Å². The van der Waals surface area contributed by atoms with Gasteiger partial charge in [0.2, 0.25) is 0 Å². The van der Waals surface area contributed by atoms with Gasteiger partial charge in [0.1, 0.15) is 0 Å². The van der Waals surface area contributed by atoms with Crippen LogP contribution >= 0.6 is 11.8 Å². The lowest BCUT2D eigenvalue weighted by atomic mass is 9.89. The summed E-state index contributed by atoms with van der Waals surface area (Å²) >= 11 is 1.96. The van der Waals surface area contributed by atoms with Gasteiger partial charge in [-0.25, -0.2) is 0 Å². The number of hydrogen-bond acceptors (Lipinski definition) is 2. The van der Waals surface area contributed by atoms with Gasteiger partial charge in [0.15, 0.2) is 0 Å². The van der Waals surface area contributed by atoms with Gasteiger partial charge >= 0.3 is 0 Å². The Bertz CT molecular complexity index is 116. The molecule has 0 aromatic carbocycles. The Morgan fingerprint density at radius 2 is 2.33 bits per heavy atom. The van der Waals surface area contributed by atoms with E-state index in [-0.39, 0.29) is 0 Å². The second-order valence-electron chi connectivity index (χ2n) is 3.73. The zero-order valence-electron chi connectivity index (χ0n) is 8.31. The molecule has 0 aromatic heterocycles.